The van der Waals surface area contributed by atoms with Crippen LogP contribution in [0.5, 0.6) is 5.75 Å². The van der Waals surface area contributed by atoms with Crippen molar-refractivity contribution in [1.29, 1.82) is 0 Å². The minimum absolute atomic E-state index is 0.272. The Morgan fingerprint density at radius 3 is 2.69 bits per heavy atom. The average molecular weight is 395 g/mol. The van der Waals surface area contributed by atoms with Gasteiger partial charge in [-0.05, 0) is 62.1 Å². The lowest BCUT2D eigenvalue weighted by atomic mass is 10.0. The number of halogens is 2. The van der Waals surface area contributed by atoms with E-state index in [0.29, 0.717) is 35.4 Å². The van der Waals surface area contributed by atoms with Crippen LogP contribution < -0.4 is 15.4 Å². The molecule has 0 unspecified atom stereocenters. The minimum Gasteiger partial charge on any atom is -0.493 e. The molecule has 5 nitrogen and oxygen atoms in total. The molecule has 0 spiro atoms. The molecule has 0 fully saturated rings. The molecule has 4 bridgehead atoms. The van der Waals surface area contributed by atoms with Gasteiger partial charge >= 0.3 is 0 Å². The molecule has 0 atom stereocenters. The summed E-state index contributed by atoms with van der Waals surface area (Å²) in [7, 11) is 0. The van der Waals surface area contributed by atoms with Gasteiger partial charge < -0.3 is 15.4 Å². The van der Waals surface area contributed by atoms with E-state index < -0.39 is 11.6 Å². The van der Waals surface area contributed by atoms with Crippen molar-refractivity contribution in [3.63, 3.8) is 0 Å². The quantitative estimate of drug-likeness (QED) is 0.539. The second-order valence-electron chi connectivity index (χ2n) is 6.90. The summed E-state index contributed by atoms with van der Waals surface area (Å²) in [6.45, 7) is 5.17. The van der Waals surface area contributed by atoms with Crippen LogP contribution in [0.3, 0.4) is 0 Å². The highest BCUT2D eigenvalue weighted by Crippen LogP contribution is 2.34. The molecule has 0 aliphatic carbocycles. The molecule has 3 heterocycles. The first-order valence-corrected chi connectivity index (χ1v) is 9.52. The molecular formula is C22H21F2N4O. The van der Waals surface area contributed by atoms with E-state index in [4.69, 9.17) is 4.74 Å². The highest BCUT2D eigenvalue weighted by Gasteiger charge is 2.15. The van der Waals surface area contributed by atoms with E-state index in [1.165, 1.54) is 18.2 Å². The van der Waals surface area contributed by atoms with Gasteiger partial charge in [-0.25, -0.2) is 18.7 Å². The SMILES string of the molecule is [CH2]c1cc2nc(c1)Nc1cc(c(F)cn1)-c1ccc(F)cc1OCCCCCN2. The Bertz CT molecular complexity index is 1030. The van der Waals surface area contributed by atoms with Gasteiger partial charge in [0.05, 0.1) is 12.8 Å². The van der Waals surface area contributed by atoms with Crippen LogP contribution in [-0.4, -0.2) is 23.1 Å². The van der Waals surface area contributed by atoms with E-state index in [2.05, 4.69) is 27.5 Å². The molecule has 0 amide bonds. The van der Waals surface area contributed by atoms with Crippen molar-refractivity contribution in [3.8, 4) is 16.9 Å². The van der Waals surface area contributed by atoms with Gasteiger partial charge in [-0.1, -0.05) is 0 Å². The summed E-state index contributed by atoms with van der Waals surface area (Å²) in [5.74, 6) is 1.03. The van der Waals surface area contributed by atoms with Crippen LogP contribution in [0.1, 0.15) is 24.8 Å². The number of nitrogens with one attached hydrogen (secondary N) is 2. The number of rotatable bonds is 0. The number of fused-ring (bicyclic) bond motifs is 6. The second-order valence-corrected chi connectivity index (χ2v) is 6.90. The molecule has 29 heavy (non-hydrogen) atoms. The number of ether oxygens (including phenoxy) is 1. The van der Waals surface area contributed by atoms with Crippen molar-refractivity contribution in [3.05, 3.63) is 66.7 Å². The fourth-order valence-corrected chi connectivity index (χ4v) is 3.23. The lowest BCUT2D eigenvalue weighted by Crippen LogP contribution is -2.07. The van der Waals surface area contributed by atoms with Gasteiger partial charge in [0.2, 0.25) is 0 Å². The fraction of sp³-hybridized carbons (Fsp3) is 0.227. The monoisotopic (exact) mass is 395 g/mol. The Kier molecular flexibility index (Phi) is 5.55. The van der Waals surface area contributed by atoms with Gasteiger partial charge in [-0.2, -0.15) is 0 Å². The molecule has 0 saturated carbocycles. The van der Waals surface area contributed by atoms with Crippen LogP contribution in [0.15, 0.2) is 42.6 Å². The van der Waals surface area contributed by atoms with Crippen LogP contribution in [0.2, 0.25) is 0 Å². The second kappa shape index (κ2) is 8.43. The Labute approximate surface area is 168 Å². The normalized spacial score (nSPS) is 14.2. The molecule has 1 aromatic carbocycles. The van der Waals surface area contributed by atoms with E-state index in [0.717, 1.165) is 37.6 Å². The van der Waals surface area contributed by atoms with E-state index in [1.807, 2.05) is 6.07 Å². The highest BCUT2D eigenvalue weighted by molar-refractivity contribution is 5.74. The van der Waals surface area contributed by atoms with Gasteiger partial charge in [-0.15, -0.1) is 0 Å². The van der Waals surface area contributed by atoms with E-state index in [-0.39, 0.29) is 5.56 Å². The zero-order chi connectivity index (χ0) is 20.2. The lowest BCUT2D eigenvalue weighted by Gasteiger charge is -2.15. The van der Waals surface area contributed by atoms with E-state index >= 15 is 0 Å². The van der Waals surface area contributed by atoms with Crippen molar-refractivity contribution in [2.75, 3.05) is 23.8 Å². The fourth-order valence-electron chi connectivity index (χ4n) is 3.23. The largest absolute Gasteiger partial charge is 0.493 e. The van der Waals surface area contributed by atoms with Crippen LogP contribution in [0.4, 0.5) is 26.2 Å². The van der Waals surface area contributed by atoms with Crippen LogP contribution in [0.25, 0.3) is 11.1 Å². The Hall–Kier alpha value is -3.22. The Morgan fingerprint density at radius 1 is 0.931 bits per heavy atom. The average Bonchev–Trinajstić information content (AvgIpc) is 2.68. The number of nitrogens with zero attached hydrogens (tertiary/aromatic N) is 2. The van der Waals surface area contributed by atoms with Crippen LogP contribution >= 0.6 is 0 Å². The third-order valence-electron chi connectivity index (χ3n) is 4.62. The van der Waals surface area contributed by atoms with E-state index in [1.54, 1.807) is 12.1 Å². The van der Waals surface area contributed by atoms with Gasteiger partial charge in [0.1, 0.15) is 34.8 Å². The summed E-state index contributed by atoms with van der Waals surface area (Å²) < 4.78 is 34.2. The van der Waals surface area contributed by atoms with Crippen molar-refractivity contribution in [1.82, 2.24) is 9.97 Å². The Morgan fingerprint density at radius 2 is 1.79 bits per heavy atom. The maximum Gasteiger partial charge on any atom is 0.149 e. The van der Waals surface area contributed by atoms with Gasteiger partial charge in [-0.3, -0.25) is 0 Å². The van der Waals surface area contributed by atoms with Gasteiger partial charge in [0.15, 0.2) is 0 Å². The molecule has 2 N–H and O–H groups in total. The molecule has 1 radical (unpaired) electrons. The number of hydrogen-bond donors (Lipinski definition) is 2. The predicted octanol–water partition coefficient (Wildman–Crippen LogP) is 5.32. The zero-order valence-corrected chi connectivity index (χ0v) is 15.8. The first-order chi connectivity index (χ1) is 14.1. The van der Waals surface area contributed by atoms with Gasteiger partial charge in [0.25, 0.3) is 0 Å². The van der Waals surface area contributed by atoms with Crippen LogP contribution in [-0.2, 0) is 0 Å². The topological polar surface area (TPSA) is 59.1 Å². The first-order valence-electron chi connectivity index (χ1n) is 9.52. The summed E-state index contributed by atoms with van der Waals surface area (Å²) in [6.07, 6.45) is 3.79. The summed E-state index contributed by atoms with van der Waals surface area (Å²) in [5.41, 5.74) is 1.54. The lowest BCUT2D eigenvalue weighted by molar-refractivity contribution is 0.305. The van der Waals surface area contributed by atoms with Crippen molar-refractivity contribution >= 4 is 17.5 Å². The number of aromatic nitrogens is 2. The molecule has 3 aromatic rings. The molecule has 4 rings (SSSR count). The molecule has 149 valence electrons. The smallest absolute Gasteiger partial charge is 0.149 e. The first kappa shape index (κ1) is 19.1. The zero-order valence-electron chi connectivity index (χ0n) is 15.8. The third kappa shape index (κ3) is 4.62. The standard InChI is InChI=1S/C22H21F2N4O/c1-14-9-20-25-7-3-2-4-8-29-19-11-15(23)5-6-16(19)17-12-21(26-13-18(17)24)28-22(10-14)27-20/h5-6,9-13H,1-4,7-8H2,(H2,25,26,27,28). The predicted molar refractivity (Wildman–Crippen MR) is 109 cm³/mol. The maximum absolute atomic E-state index is 14.6. The molecule has 2 aromatic heterocycles. The number of hydrogen-bond acceptors (Lipinski definition) is 5. The van der Waals surface area contributed by atoms with Crippen molar-refractivity contribution < 1.29 is 13.5 Å². The van der Waals surface area contributed by atoms with Crippen molar-refractivity contribution in [2.45, 2.75) is 19.3 Å². The molecule has 7 heteroatoms. The Balaban J connectivity index is 1.77. The molecule has 1 aliphatic heterocycles. The maximum atomic E-state index is 14.6. The molecule has 0 saturated heterocycles. The summed E-state index contributed by atoms with van der Waals surface area (Å²) in [4.78, 5) is 8.63. The summed E-state index contributed by atoms with van der Waals surface area (Å²) >= 11 is 0. The van der Waals surface area contributed by atoms with Crippen molar-refractivity contribution in [2.24, 2.45) is 0 Å². The number of pyridine rings is 2. The molecular weight excluding hydrogens is 374 g/mol. The highest BCUT2D eigenvalue weighted by atomic mass is 19.1. The van der Waals surface area contributed by atoms with E-state index in [9.17, 15) is 8.78 Å². The van der Waals surface area contributed by atoms with Gasteiger partial charge in [0, 0.05) is 23.7 Å². The summed E-state index contributed by atoms with van der Waals surface area (Å²) in [5, 5.41) is 6.38. The number of anilines is 3. The molecule has 1 aliphatic rings. The summed E-state index contributed by atoms with van der Waals surface area (Å²) in [6, 6.07) is 9.31. The minimum atomic E-state index is -0.519. The third-order valence-corrected chi connectivity index (χ3v) is 4.62. The number of benzene rings is 1. The van der Waals surface area contributed by atoms with Crippen LogP contribution in [0, 0.1) is 18.6 Å².